The lowest BCUT2D eigenvalue weighted by molar-refractivity contribution is 0.0692. The first-order valence-electron chi connectivity index (χ1n) is 6.34. The second-order valence-corrected chi connectivity index (χ2v) is 4.73. The number of carbonyl (C=O) groups excluding carboxylic acids is 1. The zero-order valence-electron chi connectivity index (χ0n) is 12.0. The standard InChI is InChI=1S/C15H15N3O3/c1-8-6-11(12(15(20)21)7-9(8)2)14(19)18-13-4-5-16-10(3)17-13/h4-7H,1-3H3,(H,20,21)(H,16,17,18,19). The first-order chi connectivity index (χ1) is 9.88. The molecule has 2 N–H and O–H groups in total. The van der Waals surface area contributed by atoms with Crippen LogP contribution in [0.25, 0.3) is 0 Å². The Morgan fingerprint density at radius 2 is 1.71 bits per heavy atom. The van der Waals surface area contributed by atoms with Crippen molar-refractivity contribution in [2.45, 2.75) is 20.8 Å². The summed E-state index contributed by atoms with van der Waals surface area (Å²) in [5.41, 5.74) is 1.76. The number of carbonyl (C=O) groups is 2. The number of aromatic carboxylic acids is 1. The minimum absolute atomic E-state index is 0.0265. The summed E-state index contributed by atoms with van der Waals surface area (Å²) in [4.78, 5) is 31.6. The number of hydrogen-bond acceptors (Lipinski definition) is 4. The van der Waals surface area contributed by atoms with Crippen molar-refractivity contribution in [3.63, 3.8) is 0 Å². The molecule has 0 unspecified atom stereocenters. The zero-order valence-corrected chi connectivity index (χ0v) is 12.0. The summed E-state index contributed by atoms with van der Waals surface area (Å²) in [5.74, 6) is -0.788. The zero-order chi connectivity index (χ0) is 15.6. The van der Waals surface area contributed by atoms with Gasteiger partial charge in [0.15, 0.2) is 0 Å². The summed E-state index contributed by atoms with van der Waals surface area (Å²) in [5, 5.41) is 11.8. The van der Waals surface area contributed by atoms with Crippen LogP contribution in [0.5, 0.6) is 0 Å². The molecule has 0 radical (unpaired) electrons. The average Bonchev–Trinajstić information content (AvgIpc) is 2.41. The smallest absolute Gasteiger partial charge is 0.336 e. The molecule has 2 rings (SSSR count). The third-order valence-corrected chi connectivity index (χ3v) is 3.13. The number of rotatable bonds is 3. The van der Waals surface area contributed by atoms with Gasteiger partial charge in [0.25, 0.3) is 5.91 Å². The van der Waals surface area contributed by atoms with E-state index in [2.05, 4.69) is 15.3 Å². The van der Waals surface area contributed by atoms with Crippen molar-refractivity contribution in [1.29, 1.82) is 0 Å². The van der Waals surface area contributed by atoms with Gasteiger partial charge in [-0.3, -0.25) is 4.79 Å². The van der Waals surface area contributed by atoms with Gasteiger partial charge < -0.3 is 10.4 Å². The lowest BCUT2D eigenvalue weighted by Crippen LogP contribution is -2.18. The molecule has 0 aliphatic rings. The number of nitrogens with zero attached hydrogens (tertiary/aromatic N) is 2. The third kappa shape index (κ3) is 3.22. The summed E-state index contributed by atoms with van der Waals surface area (Å²) in [7, 11) is 0. The van der Waals surface area contributed by atoms with Gasteiger partial charge in [-0.05, 0) is 50.1 Å². The van der Waals surface area contributed by atoms with Gasteiger partial charge in [-0.25, -0.2) is 14.8 Å². The minimum atomic E-state index is -1.14. The molecule has 6 nitrogen and oxygen atoms in total. The average molecular weight is 285 g/mol. The van der Waals surface area contributed by atoms with Gasteiger partial charge in [-0.2, -0.15) is 0 Å². The van der Waals surface area contributed by atoms with Crippen LogP contribution in [0, 0.1) is 20.8 Å². The molecule has 0 atom stereocenters. The second-order valence-electron chi connectivity index (χ2n) is 4.73. The van der Waals surface area contributed by atoms with Gasteiger partial charge in [0, 0.05) is 6.20 Å². The predicted molar refractivity (Wildman–Crippen MR) is 77.6 cm³/mol. The van der Waals surface area contributed by atoms with Gasteiger partial charge in [0.2, 0.25) is 0 Å². The number of aryl methyl sites for hydroxylation is 3. The maximum atomic E-state index is 12.3. The fourth-order valence-electron chi connectivity index (χ4n) is 1.89. The molecule has 1 heterocycles. The number of hydrogen-bond donors (Lipinski definition) is 2. The Morgan fingerprint density at radius 1 is 1.10 bits per heavy atom. The molecule has 2 aromatic rings. The molecule has 108 valence electrons. The van der Waals surface area contributed by atoms with Crippen LogP contribution >= 0.6 is 0 Å². The Morgan fingerprint density at radius 3 is 2.29 bits per heavy atom. The lowest BCUT2D eigenvalue weighted by Gasteiger charge is -2.10. The van der Waals surface area contributed by atoms with Crippen LogP contribution in [0.3, 0.4) is 0 Å². The molecule has 0 fully saturated rings. The summed E-state index contributed by atoms with van der Waals surface area (Å²) in [6.07, 6.45) is 1.52. The maximum absolute atomic E-state index is 12.3. The Kier molecular flexibility index (Phi) is 3.98. The van der Waals surface area contributed by atoms with Crippen molar-refractivity contribution in [1.82, 2.24) is 9.97 Å². The van der Waals surface area contributed by atoms with Crippen LogP contribution in [-0.4, -0.2) is 27.0 Å². The van der Waals surface area contributed by atoms with Gasteiger partial charge >= 0.3 is 5.97 Å². The predicted octanol–water partition coefficient (Wildman–Crippen LogP) is 2.35. The van der Waals surface area contributed by atoms with Crippen molar-refractivity contribution in [2.24, 2.45) is 0 Å². The molecular formula is C15H15N3O3. The van der Waals surface area contributed by atoms with E-state index in [1.165, 1.54) is 12.3 Å². The molecule has 1 amide bonds. The molecule has 1 aromatic heterocycles. The van der Waals surface area contributed by atoms with Crippen LogP contribution in [0.15, 0.2) is 24.4 Å². The van der Waals surface area contributed by atoms with E-state index in [0.717, 1.165) is 11.1 Å². The molecule has 0 aliphatic heterocycles. The van der Waals surface area contributed by atoms with Crippen molar-refractivity contribution in [3.8, 4) is 0 Å². The maximum Gasteiger partial charge on any atom is 0.336 e. The highest BCUT2D eigenvalue weighted by atomic mass is 16.4. The van der Waals surface area contributed by atoms with E-state index in [-0.39, 0.29) is 11.1 Å². The number of aromatic nitrogens is 2. The third-order valence-electron chi connectivity index (χ3n) is 3.13. The fraction of sp³-hybridized carbons (Fsp3) is 0.200. The minimum Gasteiger partial charge on any atom is -0.478 e. The van der Waals surface area contributed by atoms with E-state index in [1.807, 2.05) is 6.92 Å². The lowest BCUT2D eigenvalue weighted by atomic mass is 9.99. The van der Waals surface area contributed by atoms with E-state index in [9.17, 15) is 14.7 Å². The highest BCUT2D eigenvalue weighted by molar-refractivity contribution is 6.10. The summed E-state index contributed by atoms with van der Waals surface area (Å²) in [6.45, 7) is 5.33. The number of benzene rings is 1. The number of carboxylic acid groups (broad SMARTS) is 1. The molecule has 21 heavy (non-hydrogen) atoms. The summed E-state index contributed by atoms with van der Waals surface area (Å²) < 4.78 is 0. The summed E-state index contributed by atoms with van der Waals surface area (Å²) in [6, 6.07) is 4.62. The fourth-order valence-corrected chi connectivity index (χ4v) is 1.89. The largest absolute Gasteiger partial charge is 0.478 e. The van der Waals surface area contributed by atoms with Gasteiger partial charge in [0.05, 0.1) is 11.1 Å². The monoisotopic (exact) mass is 285 g/mol. The van der Waals surface area contributed by atoms with Crippen molar-refractivity contribution in [3.05, 3.63) is 52.5 Å². The molecular weight excluding hydrogens is 270 g/mol. The molecule has 6 heteroatoms. The highest BCUT2D eigenvalue weighted by Crippen LogP contribution is 2.17. The number of carboxylic acids is 1. The van der Waals surface area contributed by atoms with E-state index < -0.39 is 11.9 Å². The normalized spacial score (nSPS) is 10.2. The number of nitrogens with one attached hydrogen (secondary N) is 1. The SMILES string of the molecule is Cc1nccc(NC(=O)c2cc(C)c(C)cc2C(=O)O)n1. The van der Waals surface area contributed by atoms with Crippen molar-refractivity contribution in [2.75, 3.05) is 5.32 Å². The Balaban J connectivity index is 2.39. The number of anilines is 1. The highest BCUT2D eigenvalue weighted by Gasteiger charge is 2.18. The van der Waals surface area contributed by atoms with Gasteiger partial charge in [0.1, 0.15) is 11.6 Å². The molecule has 0 saturated heterocycles. The molecule has 0 spiro atoms. The van der Waals surface area contributed by atoms with E-state index in [1.54, 1.807) is 26.0 Å². The number of amides is 1. The van der Waals surface area contributed by atoms with E-state index in [4.69, 9.17) is 0 Å². The Bertz CT molecular complexity index is 726. The molecule has 0 bridgehead atoms. The quantitative estimate of drug-likeness (QED) is 0.903. The topological polar surface area (TPSA) is 92.2 Å². The molecule has 0 saturated carbocycles. The van der Waals surface area contributed by atoms with Crippen LogP contribution in [-0.2, 0) is 0 Å². The Labute approximate surface area is 121 Å². The Hall–Kier alpha value is -2.76. The first-order valence-corrected chi connectivity index (χ1v) is 6.34. The van der Waals surface area contributed by atoms with Crippen LogP contribution in [0.2, 0.25) is 0 Å². The molecule has 0 aliphatic carbocycles. The summed E-state index contributed by atoms with van der Waals surface area (Å²) >= 11 is 0. The van der Waals surface area contributed by atoms with Crippen LogP contribution < -0.4 is 5.32 Å². The van der Waals surface area contributed by atoms with Gasteiger partial charge in [-0.15, -0.1) is 0 Å². The van der Waals surface area contributed by atoms with E-state index in [0.29, 0.717) is 11.6 Å². The van der Waals surface area contributed by atoms with Crippen LogP contribution in [0.4, 0.5) is 5.82 Å². The van der Waals surface area contributed by atoms with Crippen LogP contribution in [0.1, 0.15) is 37.7 Å². The van der Waals surface area contributed by atoms with Gasteiger partial charge in [-0.1, -0.05) is 0 Å². The molecule has 1 aromatic carbocycles. The second kappa shape index (κ2) is 5.70. The first kappa shape index (κ1) is 14.6. The van der Waals surface area contributed by atoms with Crippen molar-refractivity contribution < 1.29 is 14.7 Å². The van der Waals surface area contributed by atoms with E-state index >= 15 is 0 Å². The van der Waals surface area contributed by atoms with Crippen molar-refractivity contribution >= 4 is 17.7 Å².